The molecule has 2 saturated heterocycles. The Balaban J connectivity index is -0.000000794. The number of nitrogens with two attached hydrogens (primary N) is 3. The number of rotatable bonds is 7. The molecule has 2 fully saturated rings. The van der Waals surface area contributed by atoms with E-state index in [0.29, 0.717) is 0 Å². The molecule has 2 aromatic rings. The van der Waals surface area contributed by atoms with Gasteiger partial charge in [0, 0.05) is 12.4 Å². The lowest BCUT2D eigenvalue weighted by atomic mass is 9.95. The summed E-state index contributed by atoms with van der Waals surface area (Å²) < 4.78 is 18.2. The highest BCUT2D eigenvalue weighted by Gasteiger charge is 2.56. The van der Waals surface area contributed by atoms with Crippen LogP contribution >= 0.6 is 37.2 Å². The maximum Gasteiger partial charge on any atom is 0.351 e. The number of carbonyl (C=O) groups is 1. The first-order valence-corrected chi connectivity index (χ1v) is 13.3. The molecule has 280 valence electrons. The number of nitrogens with zero attached hydrogens (tertiary/aromatic N) is 4. The molecule has 21 heteroatoms. The Hall–Kier alpha value is -2.62. The molecule has 0 bridgehead atoms. The quantitative estimate of drug-likeness (QED) is 0.153. The first-order chi connectivity index (χ1) is 20.0. The first-order valence-electron chi connectivity index (χ1n) is 13.3. The zero-order chi connectivity index (χ0) is 32.4. The average molecular weight is 755 g/mol. The molecule has 48 heavy (non-hydrogen) atoms. The second-order valence-corrected chi connectivity index (χ2v) is 11.0. The molecule has 0 aliphatic carbocycles. The summed E-state index contributed by atoms with van der Waals surface area (Å²) in [7, 11) is 0. The summed E-state index contributed by atoms with van der Waals surface area (Å²) in [5, 5.41) is 49.4. The Morgan fingerprint density at radius 1 is 0.896 bits per heavy atom. The summed E-state index contributed by atoms with van der Waals surface area (Å²) in [6.07, 6.45) is -4.26. The molecule has 2 aliphatic heterocycles. The van der Waals surface area contributed by atoms with Crippen LogP contribution in [0.15, 0.2) is 34.1 Å². The van der Waals surface area contributed by atoms with Crippen LogP contribution in [0.1, 0.15) is 55.0 Å². The van der Waals surface area contributed by atoms with Gasteiger partial charge in [-0.1, -0.05) is 28.7 Å². The molecule has 4 heterocycles. The van der Waals surface area contributed by atoms with E-state index in [0.717, 1.165) is 9.13 Å². The summed E-state index contributed by atoms with van der Waals surface area (Å²) in [5.74, 6) is -0.838. The lowest BCUT2D eigenvalue weighted by molar-refractivity contribution is -0.166. The molecule has 0 saturated carbocycles. The maximum absolute atomic E-state index is 12.2. The third-order valence-corrected chi connectivity index (χ3v) is 7.27. The number of carbonyl (C=O) groups excluding carboxylic acids is 1. The topological polar surface area (TPSA) is 294 Å². The van der Waals surface area contributed by atoms with E-state index in [4.69, 9.17) is 36.5 Å². The zero-order valence-electron chi connectivity index (χ0n) is 25.3. The van der Waals surface area contributed by atoms with Gasteiger partial charge in [-0.15, -0.1) is 37.2 Å². The number of esters is 1. The largest absolute Gasteiger partial charge is 0.455 e. The van der Waals surface area contributed by atoms with Crippen molar-refractivity contribution in [2.24, 2.45) is 11.7 Å². The van der Waals surface area contributed by atoms with E-state index in [1.807, 2.05) is 0 Å². The fourth-order valence-electron chi connectivity index (χ4n) is 4.65. The lowest BCUT2D eigenvalue weighted by Crippen LogP contribution is -2.51. The van der Waals surface area contributed by atoms with Crippen molar-refractivity contribution in [1.29, 1.82) is 0 Å². The predicted octanol–water partition coefficient (Wildman–Crippen LogP) is -1.27. The van der Waals surface area contributed by atoms with Gasteiger partial charge in [-0.2, -0.15) is 9.97 Å². The Kier molecular flexibility index (Phi) is 20.3. The number of aliphatic hydroxyl groups excluding tert-OH is 3. The van der Waals surface area contributed by atoms with Crippen LogP contribution in [0, 0.1) is 5.92 Å². The number of aromatic nitrogens is 4. The van der Waals surface area contributed by atoms with Crippen molar-refractivity contribution < 1.29 is 44.5 Å². The van der Waals surface area contributed by atoms with Gasteiger partial charge in [0.15, 0.2) is 18.6 Å². The molecule has 2 unspecified atom stereocenters. The summed E-state index contributed by atoms with van der Waals surface area (Å²) in [4.78, 5) is 42.9. The molecular formula is C27H50Cl3N7O11. The molecule has 2 aromatic heterocycles. The summed E-state index contributed by atoms with van der Waals surface area (Å²) in [6.45, 7) is 5.17. The smallest absolute Gasteiger partial charge is 0.351 e. The number of aliphatic hydroxyl groups is 5. The number of hydrogen-bond donors (Lipinski definition) is 8. The highest BCUT2D eigenvalue weighted by molar-refractivity contribution is 5.86. The number of nitrogen functional groups attached to an aromatic ring is 2. The Morgan fingerprint density at radius 3 is 1.65 bits per heavy atom. The van der Waals surface area contributed by atoms with Crippen LogP contribution in [0.2, 0.25) is 0 Å². The van der Waals surface area contributed by atoms with Crippen LogP contribution in [-0.4, -0.2) is 105 Å². The highest BCUT2D eigenvalue weighted by atomic mass is 35.5. The van der Waals surface area contributed by atoms with E-state index in [1.165, 1.54) is 38.4 Å². The van der Waals surface area contributed by atoms with Crippen LogP contribution in [-0.2, 0) is 19.0 Å². The van der Waals surface area contributed by atoms with E-state index in [1.54, 1.807) is 13.8 Å². The minimum absolute atomic E-state index is 0. The summed E-state index contributed by atoms with van der Waals surface area (Å²) >= 11 is 0. The van der Waals surface area contributed by atoms with Crippen molar-refractivity contribution in [3.05, 3.63) is 45.5 Å². The molecule has 0 amide bonds. The van der Waals surface area contributed by atoms with E-state index < -0.39 is 84.7 Å². The average Bonchev–Trinajstić information content (AvgIpc) is 3.31. The molecule has 11 N–H and O–H groups in total. The van der Waals surface area contributed by atoms with Crippen molar-refractivity contribution in [2.45, 2.75) is 96.7 Å². The minimum atomic E-state index is -1.80. The second-order valence-electron chi connectivity index (χ2n) is 11.0. The first kappa shape index (κ1) is 49.8. The van der Waals surface area contributed by atoms with Crippen molar-refractivity contribution >= 4 is 54.8 Å². The third kappa shape index (κ3) is 10.2. The van der Waals surface area contributed by atoms with Crippen molar-refractivity contribution in [3.63, 3.8) is 0 Å². The van der Waals surface area contributed by atoms with Crippen LogP contribution in [0.3, 0.4) is 0 Å². The number of anilines is 2. The van der Waals surface area contributed by atoms with E-state index in [9.17, 15) is 34.8 Å². The highest BCUT2D eigenvalue weighted by Crippen LogP contribution is 2.40. The van der Waals surface area contributed by atoms with Crippen LogP contribution < -0.4 is 28.6 Å². The second kappa shape index (κ2) is 19.5. The van der Waals surface area contributed by atoms with Gasteiger partial charge in [0.2, 0.25) is 0 Å². The van der Waals surface area contributed by atoms with Crippen molar-refractivity contribution in [1.82, 2.24) is 19.1 Å². The lowest BCUT2D eigenvalue weighted by Gasteiger charge is -2.30. The molecule has 0 aromatic carbocycles. The Bertz CT molecular complexity index is 1410. The monoisotopic (exact) mass is 753 g/mol. The van der Waals surface area contributed by atoms with Gasteiger partial charge >= 0.3 is 17.3 Å². The van der Waals surface area contributed by atoms with E-state index in [2.05, 4.69) is 9.97 Å². The van der Waals surface area contributed by atoms with Crippen LogP contribution in [0.5, 0.6) is 0 Å². The standard InChI is InChI=1S/C15H24N4O6.C10H15N3O5.2CH4.3ClH/c1-7(2)10(17)12(21)25-11-8(6-20)24-13(15(11,3)23)19-5-4-9(16)18-14(19)22;1-10(17)7(15)5(4-14)18-8(10)13-3-2-6(11)12-9(13)16;;;;;/h4-5,7-8,10-11,13,20,23H,6,17H2,1-3H3,(H2,16,18,22);2-3,5,7-8,14-15,17H,4H2,1H3,(H2,11,12,16);2*1H4;3*1H/t8-,10+,11?,13-,15+;5-,7?,8-,10+;;;;;/m11...../s1. The van der Waals surface area contributed by atoms with Gasteiger partial charge in [-0.3, -0.25) is 13.9 Å². The normalized spacial score (nSPS) is 29.3. The number of ether oxygens (including phenoxy) is 3. The van der Waals surface area contributed by atoms with Crippen LogP contribution in [0.4, 0.5) is 11.6 Å². The minimum Gasteiger partial charge on any atom is -0.455 e. The molecular weight excluding hydrogens is 705 g/mol. The SMILES string of the molecule is C.C.CC(C)[C@H](N)C(=O)OC1[C@@H](CO)O[C@@H](n2ccc(N)nc2=O)[C@@]1(C)O.C[C@]1(O)C(O)[C@@H](CO)O[C@H]1n1ccc(N)nc1=O.Cl.Cl.Cl. The molecule has 4 rings (SSSR count). The molecule has 0 spiro atoms. The third-order valence-electron chi connectivity index (χ3n) is 7.27. The Labute approximate surface area is 296 Å². The maximum atomic E-state index is 12.2. The molecule has 18 nitrogen and oxygen atoms in total. The van der Waals surface area contributed by atoms with Gasteiger partial charge < -0.3 is 56.9 Å². The zero-order valence-corrected chi connectivity index (χ0v) is 27.7. The Morgan fingerprint density at radius 2 is 1.29 bits per heavy atom. The fraction of sp³-hybridized carbons (Fsp3) is 0.667. The molecule has 2 aliphatic rings. The van der Waals surface area contributed by atoms with Crippen molar-refractivity contribution in [3.8, 4) is 0 Å². The predicted molar refractivity (Wildman–Crippen MR) is 183 cm³/mol. The van der Waals surface area contributed by atoms with Gasteiger partial charge in [0.25, 0.3) is 0 Å². The molecule has 9 atom stereocenters. The van der Waals surface area contributed by atoms with Gasteiger partial charge in [-0.25, -0.2) is 9.59 Å². The van der Waals surface area contributed by atoms with Gasteiger partial charge in [0.05, 0.1) is 13.2 Å². The number of halogens is 3. The van der Waals surface area contributed by atoms with E-state index in [-0.39, 0.29) is 69.6 Å². The van der Waals surface area contributed by atoms with Crippen LogP contribution in [0.25, 0.3) is 0 Å². The van der Waals surface area contributed by atoms with E-state index >= 15 is 0 Å². The number of hydrogen-bond acceptors (Lipinski definition) is 16. The van der Waals surface area contributed by atoms with Gasteiger partial charge in [-0.05, 0) is 31.9 Å². The summed E-state index contributed by atoms with van der Waals surface area (Å²) in [5.41, 5.74) is 11.6. The van der Waals surface area contributed by atoms with Gasteiger partial charge in [0.1, 0.15) is 47.2 Å². The fourth-order valence-corrected chi connectivity index (χ4v) is 4.65. The molecule has 0 radical (unpaired) electrons. The summed E-state index contributed by atoms with van der Waals surface area (Å²) in [6, 6.07) is 1.84. The van der Waals surface area contributed by atoms with Crippen molar-refractivity contribution in [2.75, 3.05) is 24.7 Å².